The van der Waals surface area contributed by atoms with E-state index in [9.17, 15) is 8.42 Å². The van der Waals surface area contributed by atoms with Crippen molar-refractivity contribution >= 4 is 10.0 Å². The van der Waals surface area contributed by atoms with Gasteiger partial charge in [0.15, 0.2) is 0 Å². The monoisotopic (exact) mass is 339 g/mol. The molecule has 1 aromatic carbocycles. The Hall–Kier alpha value is -1.11. The van der Waals surface area contributed by atoms with Gasteiger partial charge in [-0.2, -0.15) is 4.31 Å². The lowest BCUT2D eigenvalue weighted by molar-refractivity contribution is -0.0586. The number of morpholine rings is 1. The molecule has 2 atom stereocenters. The van der Waals surface area contributed by atoms with E-state index in [0.29, 0.717) is 18.9 Å². The number of aryl methyl sites for hydroxylation is 2. The fourth-order valence-corrected chi connectivity index (χ4v) is 5.50. The molecule has 0 amide bonds. The van der Waals surface area contributed by atoms with Crippen molar-refractivity contribution < 1.29 is 17.9 Å². The number of hydrogen-bond donors (Lipinski definition) is 0. The van der Waals surface area contributed by atoms with Crippen LogP contribution in [0, 0.1) is 13.8 Å². The number of hydrogen-bond acceptors (Lipinski definition) is 4. The van der Waals surface area contributed by atoms with Gasteiger partial charge in [0, 0.05) is 6.54 Å². The first-order chi connectivity index (χ1) is 10.9. The highest BCUT2D eigenvalue weighted by Gasteiger charge is 2.41. The second-order valence-corrected chi connectivity index (χ2v) is 8.32. The molecule has 0 spiro atoms. The first-order valence-corrected chi connectivity index (χ1v) is 9.68. The van der Waals surface area contributed by atoms with Crippen LogP contribution in [0.15, 0.2) is 17.0 Å². The van der Waals surface area contributed by atoms with Crippen LogP contribution in [0.5, 0.6) is 5.75 Å². The summed E-state index contributed by atoms with van der Waals surface area (Å²) in [6, 6.07) is 3.49. The van der Waals surface area contributed by atoms with Crippen LogP contribution in [-0.4, -0.2) is 45.1 Å². The van der Waals surface area contributed by atoms with Crippen LogP contribution >= 0.6 is 0 Å². The summed E-state index contributed by atoms with van der Waals surface area (Å²) < 4.78 is 39.4. The molecule has 2 aliphatic rings. The number of ether oxygens (including phenoxy) is 2. The fraction of sp³-hybridized carbons (Fsp3) is 0.647. The van der Waals surface area contributed by atoms with Gasteiger partial charge in [0.2, 0.25) is 10.0 Å². The zero-order valence-electron chi connectivity index (χ0n) is 14.0. The molecule has 0 radical (unpaired) electrons. The normalized spacial score (nSPS) is 25.9. The molecule has 1 saturated heterocycles. The lowest BCUT2D eigenvalue weighted by atomic mass is 9.91. The van der Waals surface area contributed by atoms with E-state index in [1.165, 1.54) is 7.11 Å². The summed E-state index contributed by atoms with van der Waals surface area (Å²) in [6.07, 6.45) is 4.02. The summed E-state index contributed by atoms with van der Waals surface area (Å²) in [4.78, 5) is 0.273. The number of nitrogens with zero attached hydrogens (tertiary/aromatic N) is 1. The summed E-state index contributed by atoms with van der Waals surface area (Å²) in [5, 5.41) is 0. The van der Waals surface area contributed by atoms with Gasteiger partial charge in [-0.05, 0) is 49.9 Å². The summed E-state index contributed by atoms with van der Waals surface area (Å²) in [5.74, 6) is 0.423. The van der Waals surface area contributed by atoms with E-state index in [1.807, 2.05) is 13.8 Å². The average Bonchev–Trinajstić information content (AvgIpc) is 2.56. The van der Waals surface area contributed by atoms with Crippen molar-refractivity contribution in [2.45, 2.75) is 56.6 Å². The van der Waals surface area contributed by atoms with E-state index >= 15 is 0 Å². The van der Waals surface area contributed by atoms with Crippen LogP contribution in [0.1, 0.15) is 36.8 Å². The average molecular weight is 339 g/mol. The first-order valence-electron chi connectivity index (χ1n) is 8.24. The number of benzene rings is 1. The van der Waals surface area contributed by atoms with Crippen molar-refractivity contribution in [3.05, 3.63) is 23.3 Å². The lowest BCUT2D eigenvalue weighted by Crippen LogP contribution is -2.54. The molecule has 2 fully saturated rings. The fourth-order valence-electron chi connectivity index (χ4n) is 3.61. The quantitative estimate of drug-likeness (QED) is 0.849. The number of rotatable bonds is 3. The van der Waals surface area contributed by atoms with Crippen molar-refractivity contribution in [2.24, 2.45) is 0 Å². The Bertz CT molecular complexity index is 684. The Morgan fingerprint density at radius 3 is 2.61 bits per heavy atom. The third kappa shape index (κ3) is 2.99. The summed E-state index contributed by atoms with van der Waals surface area (Å²) in [6.45, 7) is 4.77. The molecule has 1 aromatic rings. The molecule has 2 unspecified atom stereocenters. The van der Waals surface area contributed by atoms with E-state index in [0.717, 1.165) is 36.8 Å². The molecule has 1 aliphatic heterocycles. The third-order valence-electron chi connectivity index (χ3n) is 5.05. The molecule has 1 aliphatic carbocycles. The smallest absolute Gasteiger partial charge is 0.247 e. The van der Waals surface area contributed by atoms with E-state index in [1.54, 1.807) is 16.4 Å². The summed E-state index contributed by atoms with van der Waals surface area (Å²) in [7, 11) is -2.07. The Labute approximate surface area is 138 Å². The van der Waals surface area contributed by atoms with Crippen molar-refractivity contribution in [2.75, 3.05) is 20.3 Å². The molecule has 3 rings (SSSR count). The molecular formula is C17H25NO4S. The van der Waals surface area contributed by atoms with Gasteiger partial charge in [-0.15, -0.1) is 0 Å². The third-order valence-corrected chi connectivity index (χ3v) is 6.99. The summed E-state index contributed by atoms with van der Waals surface area (Å²) >= 11 is 0. The Morgan fingerprint density at radius 2 is 1.87 bits per heavy atom. The van der Waals surface area contributed by atoms with Gasteiger partial charge in [0.25, 0.3) is 0 Å². The zero-order valence-corrected chi connectivity index (χ0v) is 14.9. The molecule has 0 aromatic heterocycles. The molecule has 5 nitrogen and oxygen atoms in total. The molecule has 0 bridgehead atoms. The van der Waals surface area contributed by atoms with Crippen LogP contribution in [0.2, 0.25) is 0 Å². The number of methoxy groups -OCH3 is 1. The van der Waals surface area contributed by atoms with Gasteiger partial charge in [-0.25, -0.2) is 8.42 Å². The van der Waals surface area contributed by atoms with E-state index < -0.39 is 10.0 Å². The molecule has 23 heavy (non-hydrogen) atoms. The van der Waals surface area contributed by atoms with E-state index in [2.05, 4.69) is 0 Å². The molecule has 6 heteroatoms. The highest BCUT2D eigenvalue weighted by atomic mass is 32.2. The molecule has 0 N–H and O–H groups in total. The van der Waals surface area contributed by atoms with Gasteiger partial charge < -0.3 is 9.47 Å². The van der Waals surface area contributed by atoms with Gasteiger partial charge in [-0.3, -0.25) is 0 Å². The number of fused-ring (bicyclic) bond motifs is 1. The van der Waals surface area contributed by atoms with Gasteiger partial charge >= 0.3 is 0 Å². The highest BCUT2D eigenvalue weighted by molar-refractivity contribution is 7.89. The summed E-state index contributed by atoms with van der Waals surface area (Å²) in [5.41, 5.74) is 1.98. The van der Waals surface area contributed by atoms with Crippen molar-refractivity contribution in [3.8, 4) is 5.75 Å². The molecule has 128 valence electrons. The Morgan fingerprint density at radius 1 is 1.17 bits per heavy atom. The van der Waals surface area contributed by atoms with E-state index in [4.69, 9.17) is 9.47 Å². The maximum atomic E-state index is 13.3. The van der Waals surface area contributed by atoms with E-state index in [-0.39, 0.29) is 17.0 Å². The maximum absolute atomic E-state index is 13.3. The van der Waals surface area contributed by atoms with Crippen LogP contribution < -0.4 is 4.74 Å². The Balaban J connectivity index is 2.02. The number of sulfonamides is 1. The van der Waals surface area contributed by atoms with Gasteiger partial charge in [0.05, 0.1) is 25.9 Å². The largest absolute Gasteiger partial charge is 0.495 e. The maximum Gasteiger partial charge on any atom is 0.247 e. The second kappa shape index (κ2) is 6.42. The highest BCUT2D eigenvalue weighted by Crippen LogP contribution is 2.36. The molecular weight excluding hydrogens is 314 g/mol. The minimum absolute atomic E-state index is 0.0322. The van der Waals surface area contributed by atoms with Gasteiger partial charge in [0.1, 0.15) is 10.6 Å². The van der Waals surface area contributed by atoms with Crippen LogP contribution in [-0.2, 0) is 14.8 Å². The van der Waals surface area contributed by atoms with Crippen LogP contribution in [0.25, 0.3) is 0 Å². The standard InChI is InChI=1S/C17H25NO4S/c1-12-10-16(21-3)17(11-13(12)2)23(19,20)18-8-9-22-15-7-5-4-6-14(15)18/h10-11,14-15H,4-9H2,1-3H3. The van der Waals surface area contributed by atoms with Crippen molar-refractivity contribution in [1.29, 1.82) is 0 Å². The SMILES string of the molecule is COc1cc(C)c(C)cc1S(=O)(=O)N1CCOC2CCCCC21. The Kier molecular flexibility index (Phi) is 4.67. The van der Waals surface area contributed by atoms with Crippen molar-refractivity contribution in [3.63, 3.8) is 0 Å². The zero-order chi connectivity index (χ0) is 16.6. The predicted molar refractivity (Wildman–Crippen MR) is 88.4 cm³/mol. The minimum atomic E-state index is -3.59. The van der Waals surface area contributed by atoms with Crippen LogP contribution in [0.3, 0.4) is 0 Å². The van der Waals surface area contributed by atoms with Crippen LogP contribution in [0.4, 0.5) is 0 Å². The molecule has 1 saturated carbocycles. The predicted octanol–water partition coefficient (Wildman–Crippen LogP) is 2.64. The first kappa shape index (κ1) is 16.7. The molecule has 1 heterocycles. The van der Waals surface area contributed by atoms with Crippen molar-refractivity contribution in [1.82, 2.24) is 4.31 Å². The minimum Gasteiger partial charge on any atom is -0.495 e. The second-order valence-electron chi connectivity index (χ2n) is 6.46. The topological polar surface area (TPSA) is 55.8 Å². The van der Waals surface area contributed by atoms with Gasteiger partial charge in [-0.1, -0.05) is 12.8 Å². The lowest BCUT2D eigenvalue weighted by Gasteiger charge is -2.42.